The van der Waals surface area contributed by atoms with Crippen LogP contribution in [0.3, 0.4) is 0 Å². The summed E-state index contributed by atoms with van der Waals surface area (Å²) in [5, 5.41) is 0. The lowest BCUT2D eigenvalue weighted by Gasteiger charge is -2.05. The van der Waals surface area contributed by atoms with Crippen molar-refractivity contribution in [2.75, 3.05) is 5.73 Å². The fourth-order valence-electron chi connectivity index (χ4n) is 1.13. The predicted octanol–water partition coefficient (Wildman–Crippen LogP) is 2.22. The summed E-state index contributed by atoms with van der Waals surface area (Å²) < 4.78 is 2.74. The zero-order valence-corrected chi connectivity index (χ0v) is 8.40. The molecule has 66 valence electrons. The average molecular weight is 238 g/mol. The molecular weight excluding hydrogens is 230 g/mol. The van der Waals surface area contributed by atoms with E-state index in [1.54, 1.807) is 6.20 Å². The quantitative estimate of drug-likeness (QED) is 0.774. The number of pyridine rings is 1. The summed E-state index contributed by atoms with van der Waals surface area (Å²) in [4.78, 5) is 4.11. The Hall–Kier alpha value is -1.29. The Bertz CT molecular complexity index is 409. The van der Waals surface area contributed by atoms with E-state index in [2.05, 4.69) is 20.9 Å². The van der Waals surface area contributed by atoms with E-state index in [4.69, 9.17) is 5.73 Å². The van der Waals surface area contributed by atoms with Crippen molar-refractivity contribution >= 4 is 21.6 Å². The third kappa shape index (κ3) is 1.58. The van der Waals surface area contributed by atoms with Crippen LogP contribution in [0.4, 0.5) is 5.69 Å². The van der Waals surface area contributed by atoms with Crippen LogP contribution in [-0.4, -0.2) is 9.55 Å². The van der Waals surface area contributed by atoms with E-state index in [9.17, 15) is 0 Å². The smallest absolute Gasteiger partial charge is 0.130 e. The van der Waals surface area contributed by atoms with Crippen LogP contribution in [0.15, 0.2) is 41.4 Å². The molecule has 0 aromatic carbocycles. The molecular formula is C9H8BrN3. The van der Waals surface area contributed by atoms with Crippen LogP contribution in [0.1, 0.15) is 0 Å². The fraction of sp³-hybridized carbons (Fsp3) is 0. The van der Waals surface area contributed by atoms with E-state index in [-0.39, 0.29) is 0 Å². The first-order chi connectivity index (χ1) is 6.27. The van der Waals surface area contributed by atoms with Gasteiger partial charge in [-0.25, -0.2) is 4.98 Å². The molecule has 2 aromatic heterocycles. The van der Waals surface area contributed by atoms with E-state index in [0.717, 1.165) is 10.3 Å². The molecule has 0 saturated carbocycles. The van der Waals surface area contributed by atoms with Gasteiger partial charge in [0, 0.05) is 12.4 Å². The summed E-state index contributed by atoms with van der Waals surface area (Å²) >= 11 is 3.36. The Labute approximate surface area is 84.3 Å². The molecule has 2 heterocycles. The summed E-state index contributed by atoms with van der Waals surface area (Å²) in [6, 6.07) is 5.78. The second-order valence-electron chi connectivity index (χ2n) is 2.67. The fourth-order valence-corrected chi connectivity index (χ4v) is 1.55. The van der Waals surface area contributed by atoms with Crippen LogP contribution >= 0.6 is 15.9 Å². The van der Waals surface area contributed by atoms with Gasteiger partial charge in [-0.3, -0.25) is 0 Å². The molecule has 2 aromatic rings. The molecule has 13 heavy (non-hydrogen) atoms. The minimum atomic E-state index is 0.659. The third-order valence-corrected chi connectivity index (χ3v) is 2.34. The lowest BCUT2D eigenvalue weighted by molar-refractivity contribution is 1.04. The van der Waals surface area contributed by atoms with E-state index in [0.29, 0.717) is 5.69 Å². The molecule has 0 radical (unpaired) electrons. The molecule has 0 spiro atoms. The Morgan fingerprint density at radius 1 is 1.31 bits per heavy atom. The number of aromatic nitrogens is 2. The minimum absolute atomic E-state index is 0.659. The van der Waals surface area contributed by atoms with E-state index >= 15 is 0 Å². The van der Waals surface area contributed by atoms with Crippen molar-refractivity contribution in [2.24, 2.45) is 0 Å². The van der Waals surface area contributed by atoms with Gasteiger partial charge in [0.1, 0.15) is 4.60 Å². The minimum Gasteiger partial charge on any atom is -0.397 e. The van der Waals surface area contributed by atoms with Crippen molar-refractivity contribution in [1.82, 2.24) is 9.55 Å². The van der Waals surface area contributed by atoms with Gasteiger partial charge in [0.25, 0.3) is 0 Å². The topological polar surface area (TPSA) is 43.8 Å². The number of hydrogen-bond donors (Lipinski definition) is 1. The van der Waals surface area contributed by atoms with E-state index < -0.39 is 0 Å². The molecule has 2 rings (SSSR count). The van der Waals surface area contributed by atoms with Crippen LogP contribution in [0.2, 0.25) is 0 Å². The molecule has 3 nitrogen and oxygen atoms in total. The Morgan fingerprint density at radius 2 is 2.00 bits per heavy atom. The van der Waals surface area contributed by atoms with Crippen molar-refractivity contribution in [2.45, 2.75) is 0 Å². The Morgan fingerprint density at radius 3 is 2.69 bits per heavy atom. The first kappa shape index (κ1) is 8.31. The molecule has 0 fully saturated rings. The summed E-state index contributed by atoms with van der Waals surface area (Å²) in [6.45, 7) is 0. The van der Waals surface area contributed by atoms with Gasteiger partial charge in [0.05, 0.1) is 17.6 Å². The van der Waals surface area contributed by atoms with Gasteiger partial charge in [-0.2, -0.15) is 0 Å². The standard InChI is InChI=1S/C9H8BrN3/c10-9-8(5-7(11)6-12-9)13-3-1-2-4-13/h1-6H,11H2. The van der Waals surface area contributed by atoms with E-state index in [1.807, 2.05) is 35.2 Å². The predicted molar refractivity (Wildman–Crippen MR) is 55.7 cm³/mol. The maximum atomic E-state index is 5.64. The Balaban J connectivity index is 2.57. The molecule has 2 N–H and O–H groups in total. The number of nitrogen functional groups attached to an aromatic ring is 1. The van der Waals surface area contributed by atoms with Crippen LogP contribution in [0.25, 0.3) is 5.69 Å². The molecule has 0 bridgehead atoms. The SMILES string of the molecule is Nc1cnc(Br)c(-n2cccc2)c1. The molecule has 0 aliphatic carbocycles. The zero-order valence-electron chi connectivity index (χ0n) is 6.81. The number of hydrogen-bond acceptors (Lipinski definition) is 2. The number of anilines is 1. The first-order valence-corrected chi connectivity index (χ1v) is 4.61. The lowest BCUT2D eigenvalue weighted by Crippen LogP contribution is -1.96. The number of nitrogens with two attached hydrogens (primary N) is 1. The average Bonchev–Trinajstić information content (AvgIpc) is 2.61. The summed E-state index contributed by atoms with van der Waals surface area (Å²) in [5.74, 6) is 0. The highest BCUT2D eigenvalue weighted by Crippen LogP contribution is 2.20. The molecule has 0 atom stereocenters. The number of halogens is 1. The zero-order chi connectivity index (χ0) is 9.26. The van der Waals surface area contributed by atoms with Crippen LogP contribution in [-0.2, 0) is 0 Å². The van der Waals surface area contributed by atoms with E-state index in [1.165, 1.54) is 0 Å². The van der Waals surface area contributed by atoms with Crippen molar-refractivity contribution in [3.63, 3.8) is 0 Å². The van der Waals surface area contributed by atoms with Gasteiger partial charge in [-0.1, -0.05) is 0 Å². The highest BCUT2D eigenvalue weighted by Gasteiger charge is 2.02. The van der Waals surface area contributed by atoms with Gasteiger partial charge in [0.15, 0.2) is 0 Å². The first-order valence-electron chi connectivity index (χ1n) is 3.82. The van der Waals surface area contributed by atoms with Gasteiger partial charge < -0.3 is 10.3 Å². The van der Waals surface area contributed by atoms with Crippen molar-refractivity contribution in [3.8, 4) is 5.69 Å². The normalized spacial score (nSPS) is 10.2. The van der Waals surface area contributed by atoms with Crippen LogP contribution < -0.4 is 5.73 Å². The van der Waals surface area contributed by atoms with Gasteiger partial charge in [-0.05, 0) is 34.1 Å². The molecule has 0 aliphatic heterocycles. The van der Waals surface area contributed by atoms with Gasteiger partial charge >= 0.3 is 0 Å². The lowest BCUT2D eigenvalue weighted by atomic mass is 10.4. The molecule has 0 saturated heterocycles. The highest BCUT2D eigenvalue weighted by atomic mass is 79.9. The number of nitrogens with zero attached hydrogens (tertiary/aromatic N) is 2. The van der Waals surface area contributed by atoms with Gasteiger partial charge in [0.2, 0.25) is 0 Å². The van der Waals surface area contributed by atoms with Crippen molar-refractivity contribution < 1.29 is 0 Å². The molecule has 0 amide bonds. The maximum absolute atomic E-state index is 5.64. The van der Waals surface area contributed by atoms with Crippen molar-refractivity contribution in [1.29, 1.82) is 0 Å². The summed E-state index contributed by atoms with van der Waals surface area (Å²) in [6.07, 6.45) is 5.51. The van der Waals surface area contributed by atoms with Crippen molar-refractivity contribution in [3.05, 3.63) is 41.4 Å². The third-order valence-electron chi connectivity index (χ3n) is 1.72. The summed E-state index contributed by atoms with van der Waals surface area (Å²) in [5.41, 5.74) is 7.25. The van der Waals surface area contributed by atoms with Crippen LogP contribution in [0, 0.1) is 0 Å². The second-order valence-corrected chi connectivity index (χ2v) is 3.42. The molecule has 0 unspecified atom stereocenters. The number of rotatable bonds is 1. The monoisotopic (exact) mass is 237 g/mol. The highest BCUT2D eigenvalue weighted by molar-refractivity contribution is 9.10. The Kier molecular flexibility index (Phi) is 2.06. The largest absolute Gasteiger partial charge is 0.397 e. The molecule has 4 heteroatoms. The van der Waals surface area contributed by atoms with Gasteiger partial charge in [-0.15, -0.1) is 0 Å². The summed E-state index contributed by atoms with van der Waals surface area (Å²) in [7, 11) is 0. The molecule has 0 aliphatic rings. The van der Waals surface area contributed by atoms with Crippen LogP contribution in [0.5, 0.6) is 0 Å². The maximum Gasteiger partial charge on any atom is 0.130 e. The second kappa shape index (κ2) is 3.22.